The lowest BCUT2D eigenvalue weighted by Crippen LogP contribution is -2.36. The summed E-state index contributed by atoms with van der Waals surface area (Å²) < 4.78 is 5.22. The van der Waals surface area contributed by atoms with E-state index < -0.39 is 0 Å². The molecular formula is C17H30N2O. The lowest BCUT2D eigenvalue weighted by atomic mass is 9.69. The van der Waals surface area contributed by atoms with Crippen molar-refractivity contribution in [2.45, 2.75) is 79.3 Å². The molecule has 3 nitrogen and oxygen atoms in total. The molecule has 0 aromatic carbocycles. The zero-order valence-electron chi connectivity index (χ0n) is 13.8. The second kappa shape index (κ2) is 6.30. The Labute approximate surface area is 123 Å². The van der Waals surface area contributed by atoms with Crippen molar-refractivity contribution in [3.05, 3.63) is 17.0 Å². The summed E-state index contributed by atoms with van der Waals surface area (Å²) in [6.45, 7) is 12.1. The van der Waals surface area contributed by atoms with E-state index in [1.54, 1.807) is 0 Å². The third-order valence-electron chi connectivity index (χ3n) is 5.49. The minimum Gasteiger partial charge on any atom is -0.361 e. The minimum atomic E-state index is 0.507. The summed E-state index contributed by atoms with van der Waals surface area (Å²) in [5, 5.41) is 7.72. The third kappa shape index (κ3) is 3.43. The molecule has 114 valence electrons. The van der Waals surface area contributed by atoms with Crippen molar-refractivity contribution in [1.82, 2.24) is 10.5 Å². The van der Waals surface area contributed by atoms with Crippen LogP contribution in [0, 0.1) is 25.2 Å². The number of hydrogen-bond acceptors (Lipinski definition) is 3. The van der Waals surface area contributed by atoms with Gasteiger partial charge in [0, 0.05) is 18.2 Å². The SMILES string of the molecule is CCC(C)(C)C1CCC(NCc2c(C)noc2C)CC1. The highest BCUT2D eigenvalue weighted by molar-refractivity contribution is 5.20. The monoisotopic (exact) mass is 278 g/mol. The lowest BCUT2D eigenvalue weighted by Gasteiger charge is -2.39. The maximum absolute atomic E-state index is 5.22. The smallest absolute Gasteiger partial charge is 0.138 e. The van der Waals surface area contributed by atoms with Gasteiger partial charge in [-0.1, -0.05) is 32.3 Å². The molecule has 1 saturated carbocycles. The first-order valence-corrected chi connectivity index (χ1v) is 8.09. The molecule has 0 radical (unpaired) electrons. The van der Waals surface area contributed by atoms with E-state index in [1.807, 2.05) is 13.8 Å². The molecule has 0 unspecified atom stereocenters. The van der Waals surface area contributed by atoms with Crippen molar-refractivity contribution in [2.75, 3.05) is 0 Å². The fraction of sp³-hybridized carbons (Fsp3) is 0.824. The molecule has 1 fully saturated rings. The van der Waals surface area contributed by atoms with Gasteiger partial charge in [0.05, 0.1) is 5.69 Å². The minimum absolute atomic E-state index is 0.507. The standard InChI is InChI=1S/C17H30N2O/c1-6-17(4,5)14-7-9-15(10-8-14)18-11-16-12(2)19-20-13(16)3/h14-15,18H,6-11H2,1-5H3. The van der Waals surface area contributed by atoms with Crippen molar-refractivity contribution < 1.29 is 4.52 Å². The summed E-state index contributed by atoms with van der Waals surface area (Å²) in [4.78, 5) is 0. The Kier molecular flexibility index (Phi) is 4.90. The van der Waals surface area contributed by atoms with E-state index in [1.165, 1.54) is 37.7 Å². The van der Waals surface area contributed by atoms with Gasteiger partial charge in [-0.15, -0.1) is 0 Å². The number of aryl methyl sites for hydroxylation is 2. The molecule has 0 aliphatic heterocycles. The molecule has 1 aliphatic carbocycles. The van der Waals surface area contributed by atoms with Gasteiger partial charge >= 0.3 is 0 Å². The summed E-state index contributed by atoms with van der Waals surface area (Å²) in [6.07, 6.45) is 6.62. The normalized spacial score (nSPS) is 24.1. The average Bonchev–Trinajstić information content (AvgIpc) is 2.76. The highest BCUT2D eigenvalue weighted by Gasteiger charge is 2.31. The van der Waals surface area contributed by atoms with E-state index in [0.717, 1.165) is 23.9 Å². The summed E-state index contributed by atoms with van der Waals surface area (Å²) in [5.74, 6) is 1.85. The molecule has 1 aromatic rings. The van der Waals surface area contributed by atoms with Crippen LogP contribution in [-0.4, -0.2) is 11.2 Å². The number of rotatable bonds is 5. The fourth-order valence-corrected chi connectivity index (χ4v) is 3.37. The number of aromatic nitrogens is 1. The predicted octanol–water partition coefficient (Wildman–Crippen LogP) is 4.38. The zero-order valence-corrected chi connectivity index (χ0v) is 13.8. The summed E-state index contributed by atoms with van der Waals surface area (Å²) in [6, 6.07) is 0.660. The molecular weight excluding hydrogens is 248 g/mol. The van der Waals surface area contributed by atoms with Gasteiger partial charge in [0.1, 0.15) is 5.76 Å². The van der Waals surface area contributed by atoms with Crippen molar-refractivity contribution in [1.29, 1.82) is 0 Å². The number of nitrogens with zero attached hydrogens (tertiary/aromatic N) is 1. The Morgan fingerprint density at radius 1 is 1.20 bits per heavy atom. The van der Waals surface area contributed by atoms with Crippen LogP contribution in [0.1, 0.15) is 69.9 Å². The number of hydrogen-bond donors (Lipinski definition) is 1. The van der Waals surface area contributed by atoms with Gasteiger partial charge in [0.15, 0.2) is 0 Å². The largest absolute Gasteiger partial charge is 0.361 e. The predicted molar refractivity (Wildman–Crippen MR) is 82.6 cm³/mol. The highest BCUT2D eigenvalue weighted by atomic mass is 16.5. The molecule has 0 spiro atoms. The topological polar surface area (TPSA) is 38.1 Å². The van der Waals surface area contributed by atoms with E-state index in [9.17, 15) is 0 Å². The molecule has 2 rings (SSSR count). The first-order chi connectivity index (χ1) is 9.44. The Bertz CT molecular complexity index is 409. The molecule has 1 aliphatic rings. The maximum atomic E-state index is 5.22. The van der Waals surface area contributed by atoms with Gasteiger partial charge in [0.2, 0.25) is 0 Å². The fourth-order valence-electron chi connectivity index (χ4n) is 3.37. The van der Waals surface area contributed by atoms with Crippen molar-refractivity contribution in [3.63, 3.8) is 0 Å². The molecule has 0 saturated heterocycles. The van der Waals surface area contributed by atoms with Gasteiger partial charge in [0.25, 0.3) is 0 Å². The Morgan fingerprint density at radius 2 is 1.85 bits per heavy atom. The molecule has 0 atom stereocenters. The molecule has 1 N–H and O–H groups in total. The van der Waals surface area contributed by atoms with Crippen LogP contribution in [0.5, 0.6) is 0 Å². The molecule has 1 heterocycles. The van der Waals surface area contributed by atoms with Crippen LogP contribution in [0.15, 0.2) is 4.52 Å². The van der Waals surface area contributed by atoms with E-state index in [4.69, 9.17) is 4.52 Å². The molecule has 0 bridgehead atoms. The van der Waals surface area contributed by atoms with Gasteiger partial charge in [-0.2, -0.15) is 0 Å². The first kappa shape index (κ1) is 15.6. The molecule has 3 heteroatoms. The lowest BCUT2D eigenvalue weighted by molar-refractivity contribution is 0.137. The molecule has 1 aromatic heterocycles. The van der Waals surface area contributed by atoms with Crippen molar-refractivity contribution >= 4 is 0 Å². The highest BCUT2D eigenvalue weighted by Crippen LogP contribution is 2.40. The van der Waals surface area contributed by atoms with E-state index >= 15 is 0 Å². The van der Waals surface area contributed by atoms with Crippen molar-refractivity contribution in [3.8, 4) is 0 Å². The zero-order chi connectivity index (χ0) is 14.8. The van der Waals surface area contributed by atoms with E-state index in [0.29, 0.717) is 11.5 Å². The van der Waals surface area contributed by atoms with Crippen LogP contribution in [-0.2, 0) is 6.54 Å². The van der Waals surface area contributed by atoms with Crippen molar-refractivity contribution in [2.24, 2.45) is 11.3 Å². The summed E-state index contributed by atoms with van der Waals surface area (Å²) >= 11 is 0. The third-order valence-corrected chi connectivity index (χ3v) is 5.49. The van der Waals surface area contributed by atoms with Crippen LogP contribution in [0.3, 0.4) is 0 Å². The average molecular weight is 278 g/mol. The van der Waals surface area contributed by atoms with Gasteiger partial charge in [-0.3, -0.25) is 0 Å². The maximum Gasteiger partial charge on any atom is 0.138 e. The quantitative estimate of drug-likeness (QED) is 0.868. The Hall–Kier alpha value is -0.830. The van der Waals surface area contributed by atoms with Crippen LogP contribution >= 0.6 is 0 Å². The van der Waals surface area contributed by atoms with Gasteiger partial charge in [-0.25, -0.2) is 0 Å². The molecule has 0 amide bonds. The second-order valence-corrected chi connectivity index (χ2v) is 7.07. The Balaban J connectivity index is 1.81. The van der Waals surface area contributed by atoms with Crippen LogP contribution in [0.25, 0.3) is 0 Å². The van der Waals surface area contributed by atoms with Crippen LogP contribution < -0.4 is 5.32 Å². The van der Waals surface area contributed by atoms with E-state index in [2.05, 4.69) is 31.2 Å². The second-order valence-electron chi connectivity index (χ2n) is 7.07. The summed E-state index contributed by atoms with van der Waals surface area (Å²) in [5.41, 5.74) is 2.77. The van der Waals surface area contributed by atoms with Gasteiger partial charge in [-0.05, 0) is 50.9 Å². The number of nitrogens with one attached hydrogen (secondary N) is 1. The summed E-state index contributed by atoms with van der Waals surface area (Å²) in [7, 11) is 0. The van der Waals surface area contributed by atoms with Crippen LogP contribution in [0.2, 0.25) is 0 Å². The molecule has 20 heavy (non-hydrogen) atoms. The van der Waals surface area contributed by atoms with Crippen LogP contribution in [0.4, 0.5) is 0 Å². The first-order valence-electron chi connectivity index (χ1n) is 8.09. The Morgan fingerprint density at radius 3 is 2.35 bits per heavy atom. The van der Waals surface area contributed by atoms with E-state index in [-0.39, 0.29) is 0 Å². The van der Waals surface area contributed by atoms with Gasteiger partial charge < -0.3 is 9.84 Å².